The van der Waals surface area contributed by atoms with Crippen molar-refractivity contribution in [1.29, 1.82) is 0 Å². The lowest BCUT2D eigenvalue weighted by Crippen LogP contribution is -1.97. The largest absolute Gasteiger partial charge is 0.457 e. The van der Waals surface area contributed by atoms with Crippen molar-refractivity contribution in [2.75, 3.05) is 6.61 Å². The fourth-order valence-electron chi connectivity index (χ4n) is 1.66. The van der Waals surface area contributed by atoms with Crippen molar-refractivity contribution >= 4 is 5.97 Å². The summed E-state index contributed by atoms with van der Waals surface area (Å²) in [5.74, 6) is -0.794. The minimum absolute atomic E-state index is 0.0422. The van der Waals surface area contributed by atoms with Crippen LogP contribution in [0.4, 0.5) is 4.39 Å². The van der Waals surface area contributed by atoms with E-state index in [1.165, 1.54) is 0 Å². The minimum atomic E-state index is -0.442. The average Bonchev–Trinajstić information content (AvgIpc) is 2.93. The van der Waals surface area contributed by atoms with Gasteiger partial charge < -0.3 is 9.47 Å². The topological polar surface area (TPSA) is 38.8 Å². The summed E-state index contributed by atoms with van der Waals surface area (Å²) < 4.78 is 23.5. The molecule has 1 aromatic carbocycles. The van der Waals surface area contributed by atoms with Gasteiger partial charge in [-0.3, -0.25) is 0 Å². The van der Waals surface area contributed by atoms with Crippen molar-refractivity contribution in [1.82, 2.24) is 0 Å². The summed E-state index contributed by atoms with van der Waals surface area (Å²) in [7, 11) is 0. The van der Waals surface area contributed by atoms with E-state index >= 15 is 0 Å². The number of cyclic esters (lactones) is 1. The molecule has 4 heteroatoms. The number of carbonyl (C=O) groups excluding carboxylic acids is 1. The lowest BCUT2D eigenvalue weighted by molar-refractivity contribution is 0.0534. The van der Waals surface area contributed by atoms with Crippen LogP contribution in [0.25, 0.3) is 0 Å². The SMILES string of the molecule is O=C1OCc2c1ccc(C1CO1)c2F. The summed E-state index contributed by atoms with van der Waals surface area (Å²) in [5, 5.41) is 0. The van der Waals surface area contributed by atoms with Gasteiger partial charge in [-0.1, -0.05) is 6.07 Å². The Morgan fingerprint density at radius 1 is 1.43 bits per heavy atom. The van der Waals surface area contributed by atoms with Gasteiger partial charge in [-0.15, -0.1) is 0 Å². The summed E-state index contributed by atoms with van der Waals surface area (Å²) in [6, 6.07) is 3.20. The lowest BCUT2D eigenvalue weighted by Gasteiger charge is -2.01. The first-order chi connectivity index (χ1) is 6.77. The summed E-state index contributed by atoms with van der Waals surface area (Å²) in [5.41, 5.74) is 1.23. The highest BCUT2D eigenvalue weighted by atomic mass is 19.1. The van der Waals surface area contributed by atoms with Gasteiger partial charge in [0.1, 0.15) is 18.5 Å². The number of epoxide rings is 1. The van der Waals surface area contributed by atoms with Crippen molar-refractivity contribution in [3.05, 3.63) is 34.6 Å². The predicted molar refractivity (Wildman–Crippen MR) is 44.2 cm³/mol. The molecule has 0 aromatic heterocycles. The Kier molecular flexibility index (Phi) is 1.44. The van der Waals surface area contributed by atoms with Crippen molar-refractivity contribution < 1.29 is 18.7 Å². The molecule has 1 saturated heterocycles. The third-order valence-electron chi connectivity index (χ3n) is 2.52. The molecule has 2 heterocycles. The molecule has 0 saturated carbocycles. The first kappa shape index (κ1) is 7.94. The third kappa shape index (κ3) is 0.974. The second-order valence-corrected chi connectivity index (χ2v) is 3.39. The van der Waals surface area contributed by atoms with Gasteiger partial charge in [0.15, 0.2) is 0 Å². The zero-order chi connectivity index (χ0) is 9.71. The van der Waals surface area contributed by atoms with Gasteiger partial charge in [-0.25, -0.2) is 9.18 Å². The number of fused-ring (bicyclic) bond motifs is 1. The highest BCUT2D eigenvalue weighted by molar-refractivity contribution is 5.93. The van der Waals surface area contributed by atoms with Gasteiger partial charge in [-0.2, -0.15) is 0 Å². The molecule has 14 heavy (non-hydrogen) atoms. The molecule has 0 N–H and O–H groups in total. The van der Waals surface area contributed by atoms with Gasteiger partial charge in [0.05, 0.1) is 12.2 Å². The van der Waals surface area contributed by atoms with Crippen LogP contribution in [0.2, 0.25) is 0 Å². The fraction of sp³-hybridized carbons (Fsp3) is 0.300. The Morgan fingerprint density at radius 3 is 2.93 bits per heavy atom. The van der Waals surface area contributed by atoms with Crippen molar-refractivity contribution in [2.45, 2.75) is 12.7 Å². The molecule has 3 nitrogen and oxygen atoms in total. The molecule has 3 rings (SSSR count). The number of hydrogen-bond donors (Lipinski definition) is 0. The van der Waals surface area contributed by atoms with Crippen LogP contribution in [0.5, 0.6) is 0 Å². The van der Waals surface area contributed by atoms with Crippen LogP contribution in [-0.4, -0.2) is 12.6 Å². The van der Waals surface area contributed by atoms with Crippen LogP contribution >= 0.6 is 0 Å². The lowest BCUT2D eigenvalue weighted by atomic mass is 10.0. The molecule has 0 bridgehead atoms. The van der Waals surface area contributed by atoms with Crippen LogP contribution in [0, 0.1) is 5.82 Å². The van der Waals surface area contributed by atoms with Crippen LogP contribution < -0.4 is 0 Å². The Morgan fingerprint density at radius 2 is 2.21 bits per heavy atom. The number of halogens is 1. The van der Waals surface area contributed by atoms with Crippen LogP contribution in [0.3, 0.4) is 0 Å². The molecule has 1 aromatic rings. The second kappa shape index (κ2) is 2.54. The van der Waals surface area contributed by atoms with E-state index in [4.69, 9.17) is 9.47 Å². The quantitative estimate of drug-likeness (QED) is 0.503. The van der Waals surface area contributed by atoms with E-state index in [0.717, 1.165) is 0 Å². The highest BCUT2D eigenvalue weighted by Gasteiger charge is 2.33. The van der Waals surface area contributed by atoms with Crippen LogP contribution in [0.1, 0.15) is 27.6 Å². The summed E-state index contributed by atoms with van der Waals surface area (Å²) in [4.78, 5) is 11.1. The third-order valence-corrected chi connectivity index (χ3v) is 2.52. The summed E-state index contributed by atoms with van der Waals surface area (Å²) >= 11 is 0. The zero-order valence-corrected chi connectivity index (χ0v) is 7.25. The molecule has 1 fully saturated rings. The van der Waals surface area contributed by atoms with E-state index in [2.05, 4.69) is 0 Å². The average molecular weight is 194 g/mol. The number of hydrogen-bond acceptors (Lipinski definition) is 3. The van der Waals surface area contributed by atoms with E-state index < -0.39 is 5.97 Å². The summed E-state index contributed by atoms with van der Waals surface area (Å²) in [6.45, 7) is 0.602. The number of rotatable bonds is 1. The maximum atomic E-state index is 13.7. The van der Waals surface area contributed by atoms with Gasteiger partial charge in [0.25, 0.3) is 0 Å². The van der Waals surface area contributed by atoms with E-state index in [1.807, 2.05) is 0 Å². The van der Waals surface area contributed by atoms with Crippen molar-refractivity contribution in [2.24, 2.45) is 0 Å². The monoisotopic (exact) mass is 194 g/mol. The molecular formula is C10H7FO3. The first-order valence-corrected chi connectivity index (χ1v) is 4.37. The maximum Gasteiger partial charge on any atom is 0.338 e. The van der Waals surface area contributed by atoms with Gasteiger partial charge in [0, 0.05) is 11.1 Å². The van der Waals surface area contributed by atoms with E-state index in [0.29, 0.717) is 23.3 Å². The Labute approximate surface area is 79.4 Å². The molecule has 0 amide bonds. The van der Waals surface area contributed by atoms with Gasteiger partial charge >= 0.3 is 5.97 Å². The maximum absolute atomic E-state index is 13.7. The Bertz CT molecular complexity index is 424. The van der Waals surface area contributed by atoms with Crippen LogP contribution in [0.15, 0.2) is 12.1 Å². The smallest absolute Gasteiger partial charge is 0.338 e. The predicted octanol–water partition coefficient (Wildman–Crippen LogP) is 1.57. The highest BCUT2D eigenvalue weighted by Crippen LogP contribution is 2.35. The molecule has 1 atom stereocenters. The molecule has 0 spiro atoms. The normalized spacial score (nSPS) is 23.2. The Hall–Kier alpha value is -1.42. The van der Waals surface area contributed by atoms with Crippen molar-refractivity contribution in [3.63, 3.8) is 0 Å². The van der Waals surface area contributed by atoms with Crippen LogP contribution in [-0.2, 0) is 16.1 Å². The molecular weight excluding hydrogens is 187 g/mol. The summed E-state index contributed by atoms with van der Waals surface area (Å²) in [6.07, 6.45) is -0.129. The number of carbonyl (C=O) groups is 1. The number of ether oxygens (including phenoxy) is 2. The fourth-order valence-corrected chi connectivity index (χ4v) is 1.66. The molecule has 0 radical (unpaired) electrons. The van der Waals surface area contributed by atoms with E-state index in [1.54, 1.807) is 12.1 Å². The van der Waals surface area contributed by atoms with E-state index in [-0.39, 0.29) is 18.5 Å². The standard InChI is InChI=1S/C10H7FO3/c11-9-6(8-4-13-8)2-1-5-7(9)3-14-10(5)12/h1-2,8H,3-4H2. The van der Waals surface area contributed by atoms with Crippen molar-refractivity contribution in [3.8, 4) is 0 Å². The molecule has 1 unspecified atom stereocenters. The second-order valence-electron chi connectivity index (χ2n) is 3.39. The number of benzene rings is 1. The molecule has 2 aliphatic rings. The van der Waals surface area contributed by atoms with E-state index in [9.17, 15) is 9.18 Å². The van der Waals surface area contributed by atoms with Gasteiger partial charge in [-0.05, 0) is 6.07 Å². The minimum Gasteiger partial charge on any atom is -0.457 e. The molecule has 72 valence electrons. The molecule has 2 aliphatic heterocycles. The zero-order valence-electron chi connectivity index (χ0n) is 7.25. The first-order valence-electron chi connectivity index (χ1n) is 4.37. The van der Waals surface area contributed by atoms with Gasteiger partial charge in [0.2, 0.25) is 0 Å². The number of esters is 1. The Balaban J connectivity index is 2.16. The molecule has 0 aliphatic carbocycles.